The normalized spacial score (nSPS) is 11.9. The van der Waals surface area contributed by atoms with E-state index in [4.69, 9.17) is 0 Å². The van der Waals surface area contributed by atoms with Crippen LogP contribution in [0.5, 0.6) is 0 Å². The van der Waals surface area contributed by atoms with Gasteiger partial charge in [0.25, 0.3) is 0 Å². The van der Waals surface area contributed by atoms with Gasteiger partial charge in [0.2, 0.25) is 0 Å². The number of pyridine rings is 1. The first-order chi connectivity index (χ1) is 9.07. The van der Waals surface area contributed by atoms with Crippen LogP contribution in [0.4, 0.5) is 0 Å². The van der Waals surface area contributed by atoms with Crippen molar-refractivity contribution in [2.75, 3.05) is 0 Å². The molecule has 0 N–H and O–H groups in total. The van der Waals surface area contributed by atoms with Crippen molar-refractivity contribution in [3.8, 4) is 10.6 Å². The first kappa shape index (κ1) is 12.4. The summed E-state index contributed by atoms with van der Waals surface area (Å²) < 4.78 is 0. The first-order valence-electron chi connectivity index (χ1n) is 6.49. The minimum atomic E-state index is 0.147. The maximum Gasteiger partial charge on any atom is 0.0882 e. The summed E-state index contributed by atoms with van der Waals surface area (Å²) in [6.45, 7) is 6.76. The summed E-state index contributed by atoms with van der Waals surface area (Å²) in [5, 5.41) is 4.65. The molecule has 0 aliphatic carbocycles. The summed E-state index contributed by atoms with van der Waals surface area (Å²) in [6, 6.07) is 12.8. The number of nitrogens with zero attached hydrogens (tertiary/aromatic N) is 1. The molecule has 3 aromatic rings. The van der Waals surface area contributed by atoms with Crippen LogP contribution in [0.2, 0.25) is 0 Å². The fraction of sp³-hybridized carbons (Fsp3) is 0.235. The fourth-order valence-electron chi connectivity index (χ4n) is 2.38. The Balaban J connectivity index is 2.29. The zero-order chi connectivity index (χ0) is 13.5. The third-order valence-corrected chi connectivity index (χ3v) is 4.28. The third kappa shape index (κ3) is 2.17. The Bertz CT molecular complexity index is 714. The van der Waals surface area contributed by atoms with Crippen LogP contribution in [-0.2, 0) is 5.41 Å². The molecule has 0 radical (unpaired) electrons. The molecule has 0 bridgehead atoms. The Morgan fingerprint density at radius 2 is 1.79 bits per heavy atom. The third-order valence-electron chi connectivity index (χ3n) is 3.36. The molecule has 0 spiro atoms. The molecule has 19 heavy (non-hydrogen) atoms. The Kier molecular flexibility index (Phi) is 2.90. The predicted octanol–water partition coefficient (Wildman–Crippen LogP) is 5.26. The number of hydrogen-bond donors (Lipinski definition) is 0. The van der Waals surface area contributed by atoms with Crippen LogP contribution in [-0.4, -0.2) is 4.98 Å². The van der Waals surface area contributed by atoms with E-state index in [-0.39, 0.29) is 5.41 Å². The lowest BCUT2D eigenvalue weighted by atomic mass is 9.86. The van der Waals surface area contributed by atoms with E-state index in [9.17, 15) is 0 Å². The Labute approximate surface area is 117 Å². The van der Waals surface area contributed by atoms with Gasteiger partial charge in [0.1, 0.15) is 0 Å². The van der Waals surface area contributed by atoms with Crippen LogP contribution < -0.4 is 0 Å². The molecule has 0 atom stereocenters. The van der Waals surface area contributed by atoms with E-state index in [1.807, 2.05) is 6.20 Å². The van der Waals surface area contributed by atoms with Gasteiger partial charge < -0.3 is 0 Å². The molecule has 96 valence electrons. The average Bonchev–Trinajstić information content (AvgIpc) is 2.87. The number of fused-ring (bicyclic) bond motifs is 1. The Morgan fingerprint density at radius 3 is 2.58 bits per heavy atom. The highest BCUT2D eigenvalue weighted by Crippen LogP contribution is 2.38. The van der Waals surface area contributed by atoms with Crippen molar-refractivity contribution in [3.63, 3.8) is 0 Å². The molecule has 0 amide bonds. The van der Waals surface area contributed by atoms with Gasteiger partial charge in [-0.1, -0.05) is 45.0 Å². The number of thiophene rings is 1. The van der Waals surface area contributed by atoms with Crippen molar-refractivity contribution in [2.24, 2.45) is 0 Å². The molecule has 0 aliphatic heterocycles. The van der Waals surface area contributed by atoms with Gasteiger partial charge >= 0.3 is 0 Å². The second-order valence-electron chi connectivity index (χ2n) is 5.79. The topological polar surface area (TPSA) is 12.9 Å². The second-order valence-corrected chi connectivity index (χ2v) is 6.71. The Morgan fingerprint density at radius 1 is 1.00 bits per heavy atom. The van der Waals surface area contributed by atoms with Crippen LogP contribution in [0.25, 0.3) is 21.3 Å². The van der Waals surface area contributed by atoms with Gasteiger partial charge in [-0.05, 0) is 33.9 Å². The van der Waals surface area contributed by atoms with Crippen LogP contribution in [0.1, 0.15) is 26.3 Å². The van der Waals surface area contributed by atoms with Gasteiger partial charge in [0, 0.05) is 11.6 Å². The monoisotopic (exact) mass is 267 g/mol. The van der Waals surface area contributed by atoms with Crippen LogP contribution >= 0.6 is 11.3 Å². The number of rotatable bonds is 1. The van der Waals surface area contributed by atoms with Crippen LogP contribution in [0.15, 0.2) is 48.0 Å². The highest BCUT2D eigenvalue weighted by Gasteiger charge is 2.21. The quantitative estimate of drug-likeness (QED) is 0.586. The first-order valence-corrected chi connectivity index (χ1v) is 7.37. The largest absolute Gasteiger partial charge is 0.255 e. The van der Waals surface area contributed by atoms with Crippen LogP contribution in [0.3, 0.4) is 0 Å². The Hall–Kier alpha value is -1.67. The molecule has 3 rings (SSSR count). The van der Waals surface area contributed by atoms with Crippen molar-refractivity contribution in [1.82, 2.24) is 4.98 Å². The molecule has 2 aromatic heterocycles. The molecule has 1 aromatic carbocycles. The highest BCUT2D eigenvalue weighted by molar-refractivity contribution is 7.13. The summed E-state index contributed by atoms with van der Waals surface area (Å²) in [7, 11) is 0. The van der Waals surface area contributed by atoms with Crippen molar-refractivity contribution >= 4 is 22.1 Å². The van der Waals surface area contributed by atoms with Crippen molar-refractivity contribution in [2.45, 2.75) is 26.2 Å². The van der Waals surface area contributed by atoms with E-state index < -0.39 is 0 Å². The summed E-state index contributed by atoms with van der Waals surface area (Å²) in [4.78, 5) is 5.93. The van der Waals surface area contributed by atoms with Crippen molar-refractivity contribution in [1.29, 1.82) is 0 Å². The lowest BCUT2D eigenvalue weighted by Gasteiger charge is -2.19. The summed E-state index contributed by atoms with van der Waals surface area (Å²) in [5.74, 6) is 0. The lowest BCUT2D eigenvalue weighted by Crippen LogP contribution is -2.11. The molecule has 0 saturated heterocycles. The maximum absolute atomic E-state index is 4.63. The molecule has 2 heterocycles. The van der Waals surface area contributed by atoms with E-state index >= 15 is 0 Å². The molecule has 2 heteroatoms. The zero-order valence-electron chi connectivity index (χ0n) is 11.5. The summed E-state index contributed by atoms with van der Waals surface area (Å²) in [6.07, 6.45) is 1.91. The van der Waals surface area contributed by atoms with Gasteiger partial charge in [-0.25, -0.2) is 0 Å². The van der Waals surface area contributed by atoms with Crippen LogP contribution in [0, 0.1) is 0 Å². The molecule has 1 nitrogen and oxygen atoms in total. The van der Waals surface area contributed by atoms with E-state index in [1.165, 1.54) is 21.2 Å². The smallest absolute Gasteiger partial charge is 0.0882 e. The molecule has 0 fully saturated rings. The predicted molar refractivity (Wildman–Crippen MR) is 83.8 cm³/mol. The van der Waals surface area contributed by atoms with Crippen molar-refractivity contribution in [3.05, 3.63) is 53.5 Å². The molecular weight excluding hydrogens is 250 g/mol. The SMILES string of the molecule is CC(C)(C)c1ccsc1-c1nccc2ccccc12. The highest BCUT2D eigenvalue weighted by atomic mass is 32.1. The standard InChI is InChI=1S/C17H17NS/c1-17(2,3)14-9-11-19-16(14)15-13-7-5-4-6-12(13)8-10-18-15/h4-11H,1-3H3. The number of benzene rings is 1. The van der Waals surface area contributed by atoms with Crippen molar-refractivity contribution < 1.29 is 0 Å². The second kappa shape index (κ2) is 4.46. The molecular formula is C17H17NS. The van der Waals surface area contributed by atoms with Gasteiger partial charge in [0.15, 0.2) is 0 Å². The van der Waals surface area contributed by atoms with E-state index in [0.717, 1.165) is 5.69 Å². The molecule has 0 saturated carbocycles. The molecule has 0 aliphatic rings. The number of aromatic nitrogens is 1. The van der Waals surface area contributed by atoms with E-state index in [1.54, 1.807) is 11.3 Å². The summed E-state index contributed by atoms with van der Waals surface area (Å²) >= 11 is 1.78. The lowest BCUT2D eigenvalue weighted by molar-refractivity contribution is 0.594. The minimum absolute atomic E-state index is 0.147. The van der Waals surface area contributed by atoms with Gasteiger partial charge in [-0.3, -0.25) is 4.98 Å². The van der Waals surface area contributed by atoms with Gasteiger partial charge in [0.05, 0.1) is 10.6 Å². The minimum Gasteiger partial charge on any atom is -0.255 e. The fourth-order valence-corrected chi connectivity index (χ4v) is 3.50. The van der Waals surface area contributed by atoms with Gasteiger partial charge in [-0.2, -0.15) is 0 Å². The zero-order valence-corrected chi connectivity index (χ0v) is 12.3. The van der Waals surface area contributed by atoms with E-state index in [2.05, 4.69) is 67.5 Å². The van der Waals surface area contributed by atoms with Gasteiger partial charge in [-0.15, -0.1) is 11.3 Å². The average molecular weight is 267 g/mol. The maximum atomic E-state index is 4.63. The summed E-state index contributed by atoms with van der Waals surface area (Å²) in [5.41, 5.74) is 2.63. The number of hydrogen-bond acceptors (Lipinski definition) is 2. The molecule has 0 unspecified atom stereocenters. The van der Waals surface area contributed by atoms with E-state index in [0.29, 0.717) is 0 Å².